The molecule has 0 N–H and O–H groups in total. The van der Waals surface area contributed by atoms with Crippen molar-refractivity contribution < 1.29 is 22.7 Å². The molecule has 0 spiro atoms. The number of carbonyl (C=O) groups excluding carboxylic acids is 1. The van der Waals surface area contributed by atoms with E-state index in [-0.39, 0.29) is 16.4 Å². The Hall–Kier alpha value is -1.23. The van der Waals surface area contributed by atoms with E-state index in [0.29, 0.717) is 18.4 Å². The first-order valence-corrected chi connectivity index (χ1v) is 5.86. The number of rotatable bonds is 1. The van der Waals surface area contributed by atoms with Gasteiger partial charge in [-0.3, -0.25) is 4.79 Å². The fraction of sp³-hybridized carbons (Fsp3) is 0.417. The lowest BCUT2D eigenvalue weighted by Crippen LogP contribution is -2.18. The molecule has 0 amide bonds. The highest BCUT2D eigenvalue weighted by Crippen LogP contribution is 2.34. The van der Waals surface area contributed by atoms with Crippen molar-refractivity contribution in [2.45, 2.75) is 32.0 Å². The third kappa shape index (κ3) is 2.96. The Morgan fingerprint density at radius 3 is 2.50 bits per heavy atom. The summed E-state index contributed by atoms with van der Waals surface area (Å²) in [5.74, 6) is -0.677. The van der Waals surface area contributed by atoms with Gasteiger partial charge in [-0.1, -0.05) is 11.6 Å². The summed E-state index contributed by atoms with van der Waals surface area (Å²) in [6.45, 7) is 0. The summed E-state index contributed by atoms with van der Waals surface area (Å²) in [4.78, 5) is 11.8. The fourth-order valence-corrected chi connectivity index (χ4v) is 2.22. The van der Waals surface area contributed by atoms with Crippen molar-refractivity contribution in [2.75, 3.05) is 0 Å². The van der Waals surface area contributed by atoms with Gasteiger partial charge in [0.2, 0.25) is 0 Å². The van der Waals surface area contributed by atoms with Gasteiger partial charge in [0, 0.05) is 12.0 Å². The molecule has 0 heterocycles. The smallest absolute Gasteiger partial charge is 0.404 e. The number of ketones is 1. The van der Waals surface area contributed by atoms with Gasteiger partial charge in [-0.15, -0.1) is 13.2 Å². The number of benzene rings is 1. The summed E-state index contributed by atoms with van der Waals surface area (Å²) >= 11 is 5.73. The van der Waals surface area contributed by atoms with Gasteiger partial charge < -0.3 is 4.74 Å². The molecule has 0 saturated carbocycles. The van der Waals surface area contributed by atoms with Crippen LogP contribution in [0.25, 0.3) is 0 Å². The monoisotopic (exact) mass is 278 g/mol. The molecule has 2 nitrogen and oxygen atoms in total. The molecule has 0 radical (unpaired) electrons. The van der Waals surface area contributed by atoms with Crippen LogP contribution in [0.4, 0.5) is 13.2 Å². The van der Waals surface area contributed by atoms with E-state index in [1.807, 2.05) is 0 Å². The number of hydrogen-bond acceptors (Lipinski definition) is 2. The summed E-state index contributed by atoms with van der Waals surface area (Å²) in [6.07, 6.45) is -2.26. The summed E-state index contributed by atoms with van der Waals surface area (Å²) in [5, 5.41) is -0.124. The predicted octanol–water partition coefficient (Wildman–Crippen LogP) is 4.15. The van der Waals surface area contributed by atoms with Gasteiger partial charge in [-0.2, -0.15) is 0 Å². The molecule has 0 fully saturated rings. The van der Waals surface area contributed by atoms with Crippen molar-refractivity contribution in [1.82, 2.24) is 0 Å². The van der Waals surface area contributed by atoms with Crippen molar-refractivity contribution in [3.05, 3.63) is 28.3 Å². The molecule has 6 heteroatoms. The molecule has 0 bridgehead atoms. The molecular weight excluding hydrogens is 269 g/mol. The minimum absolute atomic E-state index is 0.124. The molecule has 2 rings (SSSR count). The Morgan fingerprint density at radius 2 is 1.83 bits per heavy atom. The average Bonchev–Trinajstić information content (AvgIpc) is 2.40. The van der Waals surface area contributed by atoms with E-state index in [1.54, 1.807) is 0 Å². The van der Waals surface area contributed by atoms with Gasteiger partial charge in [0.05, 0.1) is 5.02 Å². The quantitative estimate of drug-likeness (QED) is 0.722. The third-order valence-electron chi connectivity index (χ3n) is 2.78. The molecule has 1 aromatic carbocycles. The van der Waals surface area contributed by atoms with Crippen molar-refractivity contribution in [1.29, 1.82) is 0 Å². The van der Waals surface area contributed by atoms with Crippen LogP contribution in [0.15, 0.2) is 12.1 Å². The third-order valence-corrected chi connectivity index (χ3v) is 3.08. The second kappa shape index (κ2) is 4.80. The number of carbonyl (C=O) groups is 1. The highest BCUT2D eigenvalue weighted by molar-refractivity contribution is 6.32. The highest BCUT2D eigenvalue weighted by atomic mass is 35.5. The summed E-state index contributed by atoms with van der Waals surface area (Å²) in [6, 6.07) is 2.49. The molecular formula is C12H10ClF3O2. The maximum absolute atomic E-state index is 12.2. The predicted molar refractivity (Wildman–Crippen MR) is 60.0 cm³/mol. The number of ether oxygens (including phenoxy) is 1. The number of hydrogen-bond donors (Lipinski definition) is 0. The minimum Gasteiger partial charge on any atom is -0.404 e. The standard InChI is InChI=1S/C12H10ClF3O2/c13-9-5-7-3-1-2-4-10(17)8(7)6-11(9)18-12(14,15)16/h5-6H,1-4H2. The van der Waals surface area contributed by atoms with Crippen molar-refractivity contribution in [3.8, 4) is 5.75 Å². The summed E-state index contributed by atoms with van der Waals surface area (Å²) < 4.78 is 40.3. The molecule has 1 aliphatic carbocycles. The zero-order valence-electron chi connectivity index (χ0n) is 9.31. The van der Waals surface area contributed by atoms with Gasteiger partial charge in [0.1, 0.15) is 5.75 Å². The van der Waals surface area contributed by atoms with Crippen LogP contribution in [0.5, 0.6) is 5.75 Å². The zero-order chi connectivity index (χ0) is 13.3. The number of fused-ring (bicyclic) bond motifs is 1. The number of aryl methyl sites for hydroxylation is 1. The Kier molecular flexibility index (Phi) is 3.52. The molecule has 1 aromatic rings. The maximum Gasteiger partial charge on any atom is 0.573 e. The van der Waals surface area contributed by atoms with E-state index in [0.717, 1.165) is 18.9 Å². The maximum atomic E-state index is 12.2. The number of halogens is 4. The zero-order valence-corrected chi connectivity index (χ0v) is 10.1. The van der Waals surface area contributed by atoms with Gasteiger partial charge in [-0.25, -0.2) is 0 Å². The lowest BCUT2D eigenvalue weighted by molar-refractivity contribution is -0.274. The van der Waals surface area contributed by atoms with E-state index < -0.39 is 12.1 Å². The molecule has 0 saturated heterocycles. The Labute approximate surface area is 107 Å². The summed E-state index contributed by atoms with van der Waals surface area (Å²) in [5.41, 5.74) is 0.980. The van der Waals surface area contributed by atoms with Crippen LogP contribution < -0.4 is 4.74 Å². The van der Waals surface area contributed by atoms with E-state index in [4.69, 9.17) is 11.6 Å². The van der Waals surface area contributed by atoms with Crippen molar-refractivity contribution in [3.63, 3.8) is 0 Å². The molecule has 0 unspecified atom stereocenters. The molecule has 0 aliphatic heterocycles. The molecule has 18 heavy (non-hydrogen) atoms. The van der Waals surface area contributed by atoms with Crippen molar-refractivity contribution in [2.24, 2.45) is 0 Å². The number of alkyl halides is 3. The second-order valence-electron chi connectivity index (χ2n) is 4.12. The van der Waals surface area contributed by atoms with Crippen LogP contribution in [0.1, 0.15) is 35.2 Å². The fourth-order valence-electron chi connectivity index (χ4n) is 2.00. The van der Waals surface area contributed by atoms with Crippen LogP contribution in [0, 0.1) is 0 Å². The molecule has 0 atom stereocenters. The van der Waals surface area contributed by atoms with Crippen LogP contribution in [-0.4, -0.2) is 12.1 Å². The first-order chi connectivity index (χ1) is 8.37. The lowest BCUT2D eigenvalue weighted by atomic mass is 10.0. The second-order valence-corrected chi connectivity index (χ2v) is 4.53. The van der Waals surface area contributed by atoms with Crippen LogP contribution in [0.3, 0.4) is 0 Å². The van der Waals surface area contributed by atoms with E-state index >= 15 is 0 Å². The van der Waals surface area contributed by atoms with Gasteiger partial charge in [-0.05, 0) is 37.0 Å². The van der Waals surface area contributed by atoms with Crippen LogP contribution >= 0.6 is 11.6 Å². The first-order valence-electron chi connectivity index (χ1n) is 5.48. The van der Waals surface area contributed by atoms with E-state index in [2.05, 4.69) is 4.74 Å². The molecule has 1 aliphatic rings. The van der Waals surface area contributed by atoms with Gasteiger partial charge in [0.25, 0.3) is 0 Å². The molecule has 0 aromatic heterocycles. The number of Topliss-reactive ketones (excluding diaryl/α,β-unsaturated/α-hetero) is 1. The Morgan fingerprint density at radius 1 is 1.17 bits per heavy atom. The van der Waals surface area contributed by atoms with Crippen LogP contribution in [0.2, 0.25) is 5.02 Å². The minimum atomic E-state index is -4.81. The van der Waals surface area contributed by atoms with Crippen LogP contribution in [-0.2, 0) is 6.42 Å². The van der Waals surface area contributed by atoms with Crippen molar-refractivity contribution >= 4 is 17.4 Å². The largest absolute Gasteiger partial charge is 0.573 e. The lowest BCUT2D eigenvalue weighted by Gasteiger charge is -2.13. The normalized spacial score (nSPS) is 16.1. The van der Waals surface area contributed by atoms with Gasteiger partial charge in [0.15, 0.2) is 5.78 Å². The Balaban J connectivity index is 2.42. The summed E-state index contributed by atoms with van der Waals surface area (Å²) in [7, 11) is 0. The average molecular weight is 279 g/mol. The van der Waals surface area contributed by atoms with E-state index in [9.17, 15) is 18.0 Å². The van der Waals surface area contributed by atoms with E-state index in [1.165, 1.54) is 6.07 Å². The SMILES string of the molecule is O=C1CCCCc2cc(Cl)c(OC(F)(F)F)cc21. The highest BCUT2D eigenvalue weighted by Gasteiger charge is 2.32. The Bertz CT molecular complexity index is 483. The topological polar surface area (TPSA) is 26.3 Å². The van der Waals surface area contributed by atoms with Gasteiger partial charge >= 0.3 is 6.36 Å². The molecule has 98 valence electrons. The first kappa shape index (κ1) is 13.2.